The second kappa shape index (κ2) is 10.4. The summed E-state index contributed by atoms with van der Waals surface area (Å²) < 4.78 is 11.4. The van der Waals surface area contributed by atoms with Gasteiger partial charge in [-0.2, -0.15) is 5.26 Å². The maximum absolute atomic E-state index is 11.4. The largest absolute Gasteiger partial charge is 0.489 e. The fourth-order valence-electron chi connectivity index (χ4n) is 3.38. The summed E-state index contributed by atoms with van der Waals surface area (Å²) in [7, 11) is 0. The van der Waals surface area contributed by atoms with Crippen molar-refractivity contribution in [1.29, 1.82) is 5.26 Å². The SMILES string of the molecule is C=CC(=O)Nc1ccc(Nc2ccnc(-c3ccc(OC4CCOCC4)c(C#N)c3)n2)cc1. The standard InChI is InChI=1S/C25H23N5O3/c1-2-24(31)29-20-6-4-19(5-7-20)28-23-9-12-27-25(30-23)17-3-8-22(18(15-17)16-26)33-21-10-13-32-14-11-21/h2-9,12,15,21H,1,10-11,13-14H2,(H,29,31)(H,27,28,30). The fraction of sp³-hybridized carbons (Fsp3) is 0.200. The molecule has 2 heterocycles. The molecule has 2 N–H and O–H groups in total. The molecule has 0 spiro atoms. The van der Waals surface area contributed by atoms with Crippen LogP contribution in [0.15, 0.2) is 67.4 Å². The van der Waals surface area contributed by atoms with Crippen LogP contribution in [-0.4, -0.2) is 35.2 Å². The van der Waals surface area contributed by atoms with Gasteiger partial charge in [-0.1, -0.05) is 6.58 Å². The topological polar surface area (TPSA) is 109 Å². The molecule has 0 atom stereocenters. The molecular weight excluding hydrogens is 418 g/mol. The zero-order chi connectivity index (χ0) is 23.0. The smallest absolute Gasteiger partial charge is 0.247 e. The van der Waals surface area contributed by atoms with E-state index >= 15 is 0 Å². The highest BCUT2D eigenvalue weighted by molar-refractivity contribution is 5.98. The number of aromatic nitrogens is 2. The van der Waals surface area contributed by atoms with Crippen molar-refractivity contribution < 1.29 is 14.3 Å². The van der Waals surface area contributed by atoms with Crippen LogP contribution in [0.5, 0.6) is 5.75 Å². The van der Waals surface area contributed by atoms with Crippen molar-refractivity contribution in [3.63, 3.8) is 0 Å². The summed E-state index contributed by atoms with van der Waals surface area (Å²) in [5.41, 5.74) is 2.63. The van der Waals surface area contributed by atoms with Gasteiger partial charge in [-0.25, -0.2) is 9.97 Å². The number of nitrogens with one attached hydrogen (secondary N) is 2. The Morgan fingerprint density at radius 3 is 2.64 bits per heavy atom. The minimum atomic E-state index is -0.267. The molecule has 0 bridgehead atoms. The summed E-state index contributed by atoms with van der Waals surface area (Å²) in [6, 6.07) is 16.6. The molecule has 8 nitrogen and oxygen atoms in total. The molecule has 33 heavy (non-hydrogen) atoms. The average Bonchev–Trinajstić information content (AvgIpc) is 2.86. The fourth-order valence-corrected chi connectivity index (χ4v) is 3.38. The van der Waals surface area contributed by atoms with Gasteiger partial charge >= 0.3 is 0 Å². The third-order valence-corrected chi connectivity index (χ3v) is 5.09. The van der Waals surface area contributed by atoms with Crippen molar-refractivity contribution in [2.24, 2.45) is 0 Å². The molecule has 3 aromatic rings. The van der Waals surface area contributed by atoms with Crippen LogP contribution in [0.1, 0.15) is 18.4 Å². The summed E-state index contributed by atoms with van der Waals surface area (Å²) in [6.07, 6.45) is 4.55. The zero-order valence-electron chi connectivity index (χ0n) is 18.0. The van der Waals surface area contributed by atoms with E-state index in [1.165, 1.54) is 6.08 Å². The Bertz CT molecular complexity index is 1180. The summed E-state index contributed by atoms with van der Waals surface area (Å²) in [4.78, 5) is 20.3. The maximum atomic E-state index is 11.4. The molecule has 0 saturated carbocycles. The Morgan fingerprint density at radius 2 is 1.91 bits per heavy atom. The minimum absolute atomic E-state index is 0.0527. The van der Waals surface area contributed by atoms with Gasteiger partial charge in [0, 0.05) is 36.0 Å². The summed E-state index contributed by atoms with van der Waals surface area (Å²) >= 11 is 0. The van der Waals surface area contributed by atoms with E-state index in [2.05, 4.69) is 33.2 Å². The average molecular weight is 441 g/mol. The lowest BCUT2D eigenvalue weighted by molar-refractivity contribution is -0.111. The molecule has 2 aromatic carbocycles. The van der Waals surface area contributed by atoms with Crippen molar-refractivity contribution in [1.82, 2.24) is 9.97 Å². The maximum Gasteiger partial charge on any atom is 0.247 e. The first-order chi connectivity index (χ1) is 16.1. The second-order valence-corrected chi connectivity index (χ2v) is 7.41. The van der Waals surface area contributed by atoms with E-state index in [-0.39, 0.29) is 12.0 Å². The van der Waals surface area contributed by atoms with Crippen LogP contribution in [0.4, 0.5) is 17.2 Å². The lowest BCUT2D eigenvalue weighted by Crippen LogP contribution is -2.26. The molecule has 1 aliphatic heterocycles. The molecule has 1 fully saturated rings. The van der Waals surface area contributed by atoms with Crippen LogP contribution in [-0.2, 0) is 9.53 Å². The van der Waals surface area contributed by atoms with Gasteiger partial charge in [0.05, 0.1) is 18.8 Å². The second-order valence-electron chi connectivity index (χ2n) is 7.41. The third kappa shape index (κ3) is 5.73. The van der Waals surface area contributed by atoms with Gasteiger partial charge in [0.1, 0.15) is 23.7 Å². The summed E-state index contributed by atoms with van der Waals surface area (Å²) in [5.74, 6) is 1.39. The molecule has 0 aliphatic carbocycles. The van der Waals surface area contributed by atoms with E-state index < -0.39 is 0 Å². The first kappa shape index (κ1) is 22.0. The first-order valence-electron chi connectivity index (χ1n) is 10.6. The van der Waals surface area contributed by atoms with Gasteiger partial charge in [0.15, 0.2) is 5.82 Å². The highest BCUT2D eigenvalue weighted by Gasteiger charge is 2.17. The zero-order valence-corrected chi connectivity index (χ0v) is 18.0. The molecule has 166 valence electrons. The molecule has 0 radical (unpaired) electrons. The van der Waals surface area contributed by atoms with Crippen LogP contribution < -0.4 is 15.4 Å². The number of nitrogens with zero attached hydrogens (tertiary/aromatic N) is 3. The van der Waals surface area contributed by atoms with Crippen LogP contribution in [0.25, 0.3) is 11.4 Å². The van der Waals surface area contributed by atoms with Gasteiger partial charge in [-0.3, -0.25) is 4.79 Å². The lowest BCUT2D eigenvalue weighted by atomic mass is 10.1. The minimum Gasteiger partial charge on any atom is -0.489 e. The van der Waals surface area contributed by atoms with Crippen molar-refractivity contribution in [2.75, 3.05) is 23.8 Å². The molecular formula is C25H23N5O3. The quantitative estimate of drug-likeness (QED) is 0.522. The number of anilines is 3. The van der Waals surface area contributed by atoms with E-state index in [9.17, 15) is 10.1 Å². The predicted molar refractivity (Wildman–Crippen MR) is 125 cm³/mol. The number of amides is 1. The van der Waals surface area contributed by atoms with E-state index in [1.807, 2.05) is 18.2 Å². The number of carbonyl (C=O) groups is 1. The Labute approximate surface area is 191 Å². The number of ether oxygens (including phenoxy) is 2. The summed E-state index contributed by atoms with van der Waals surface area (Å²) in [5, 5.41) is 15.5. The molecule has 4 rings (SSSR count). The molecule has 1 amide bonds. The number of nitriles is 1. The predicted octanol–water partition coefficient (Wildman–Crippen LogP) is 4.44. The number of carbonyl (C=O) groups excluding carboxylic acids is 1. The van der Waals surface area contributed by atoms with E-state index in [0.717, 1.165) is 24.1 Å². The van der Waals surface area contributed by atoms with Crippen LogP contribution in [0.2, 0.25) is 0 Å². The van der Waals surface area contributed by atoms with Crippen molar-refractivity contribution in [3.8, 4) is 23.2 Å². The summed E-state index contributed by atoms with van der Waals surface area (Å²) in [6.45, 7) is 4.78. The number of hydrogen-bond acceptors (Lipinski definition) is 7. The van der Waals surface area contributed by atoms with Gasteiger partial charge in [-0.05, 0) is 54.6 Å². The number of rotatable bonds is 7. The van der Waals surface area contributed by atoms with Crippen LogP contribution in [0, 0.1) is 11.3 Å². The first-order valence-corrected chi connectivity index (χ1v) is 10.6. The van der Waals surface area contributed by atoms with Gasteiger partial charge in [0.25, 0.3) is 0 Å². The molecule has 0 unspecified atom stereocenters. The molecule has 1 aliphatic rings. The monoisotopic (exact) mass is 441 g/mol. The van der Waals surface area contributed by atoms with E-state index in [1.54, 1.807) is 36.5 Å². The molecule has 1 aromatic heterocycles. The highest BCUT2D eigenvalue weighted by Crippen LogP contribution is 2.27. The third-order valence-electron chi connectivity index (χ3n) is 5.09. The molecule has 1 saturated heterocycles. The van der Waals surface area contributed by atoms with Gasteiger partial charge in [0.2, 0.25) is 5.91 Å². The van der Waals surface area contributed by atoms with Gasteiger partial charge < -0.3 is 20.1 Å². The van der Waals surface area contributed by atoms with Gasteiger partial charge in [-0.15, -0.1) is 0 Å². The Kier molecular flexibility index (Phi) is 6.93. The normalized spacial score (nSPS) is 13.5. The number of hydrogen-bond donors (Lipinski definition) is 2. The van der Waals surface area contributed by atoms with Crippen LogP contribution >= 0.6 is 0 Å². The Morgan fingerprint density at radius 1 is 1.15 bits per heavy atom. The number of benzene rings is 2. The lowest BCUT2D eigenvalue weighted by Gasteiger charge is -2.23. The Hall–Kier alpha value is -4.22. The van der Waals surface area contributed by atoms with Crippen LogP contribution in [0.3, 0.4) is 0 Å². The van der Waals surface area contributed by atoms with Crippen molar-refractivity contribution in [2.45, 2.75) is 18.9 Å². The van der Waals surface area contributed by atoms with E-state index in [0.29, 0.717) is 41.9 Å². The Balaban J connectivity index is 1.48. The highest BCUT2D eigenvalue weighted by atomic mass is 16.5. The van der Waals surface area contributed by atoms with Crippen molar-refractivity contribution in [3.05, 3.63) is 72.9 Å². The van der Waals surface area contributed by atoms with Crippen molar-refractivity contribution >= 4 is 23.1 Å². The molecule has 8 heteroatoms. The van der Waals surface area contributed by atoms with E-state index in [4.69, 9.17) is 9.47 Å².